The zero-order chi connectivity index (χ0) is 50.1. The average Bonchev–Trinajstić information content (AvgIpc) is 2.73. The van der Waals surface area contributed by atoms with Crippen LogP contribution in [0.15, 0.2) is 0 Å². The minimum Gasteiger partial charge on any atom is -0.750 e. The van der Waals surface area contributed by atoms with Gasteiger partial charge < -0.3 is 72.8 Å². The standard InChI is InChI=1S/8Na.14H2O3S/c;;;;;;;;14*1-4(2)3/h;;;;;;;;14*(H2,1,2,3)/q8*+1;;;;;;;;;;;;;;/p-8. The normalized spacial score (nSPS) is 11.0. The van der Waals surface area contributed by atoms with Gasteiger partial charge in [-0.25, -0.2) is 33.7 Å². The van der Waals surface area contributed by atoms with Gasteiger partial charge >= 0.3 is 236 Å². The number of hydrogen-bond donors (Lipinski definition) is 20. The van der Waals surface area contributed by atoms with Crippen molar-refractivity contribution < 1.29 is 423 Å². The summed E-state index contributed by atoms with van der Waals surface area (Å²) in [5, 5.41) is 0. The van der Waals surface area contributed by atoms with E-state index in [0.717, 1.165) is 0 Å². The molecule has 0 aliphatic heterocycles. The van der Waals surface area contributed by atoms with E-state index in [0.29, 0.717) is 0 Å². The van der Waals surface area contributed by atoms with E-state index in [1.807, 2.05) is 0 Å². The molecular formula is H20Na8O42S14. The molecule has 8 unspecified atom stereocenters. The molecule has 0 heterocycles. The topological polar surface area (TPSA) is 828 Å². The van der Waals surface area contributed by atoms with Crippen LogP contribution in [0.4, 0.5) is 0 Å². The zero-order valence-corrected chi connectivity index (χ0v) is 59.1. The Morgan fingerprint density at radius 1 is 0.156 bits per heavy atom. The molecule has 0 bridgehead atoms. The predicted molar refractivity (Wildman–Crippen MR) is 173 cm³/mol. The molecule has 0 rings (SSSR count). The van der Waals surface area contributed by atoms with E-state index in [1.54, 1.807) is 0 Å². The largest absolute Gasteiger partial charge is 1.00 e. The summed E-state index contributed by atoms with van der Waals surface area (Å²) in [4.78, 5) is 0. The van der Waals surface area contributed by atoms with Crippen LogP contribution >= 0.6 is 0 Å². The van der Waals surface area contributed by atoms with E-state index >= 15 is 0 Å². The van der Waals surface area contributed by atoms with Crippen molar-refractivity contribution in [2.75, 3.05) is 0 Å². The Labute approximate surface area is 570 Å². The summed E-state index contributed by atoms with van der Waals surface area (Å²) in [6.45, 7) is 0. The molecule has 364 valence electrons. The van der Waals surface area contributed by atoms with E-state index in [4.69, 9.17) is 186 Å². The second-order valence-electron chi connectivity index (χ2n) is 3.12. The maximum Gasteiger partial charge on any atom is 1.00 e. The van der Waals surface area contributed by atoms with Crippen molar-refractivity contribution in [3.63, 3.8) is 0 Å². The third-order valence-electron chi connectivity index (χ3n) is 0. The van der Waals surface area contributed by atoms with Crippen LogP contribution in [0.1, 0.15) is 0 Å². The Morgan fingerprint density at radius 2 is 0.156 bits per heavy atom. The molecule has 0 aromatic heterocycles. The summed E-state index contributed by atoms with van der Waals surface area (Å²) in [6.07, 6.45) is 0. The second-order valence-corrected chi connectivity index (χ2v) is 9.36. The predicted octanol–water partition coefficient (Wildman–Crippen LogP) is -31.2. The summed E-state index contributed by atoms with van der Waals surface area (Å²) < 4.78 is 330. The van der Waals surface area contributed by atoms with Crippen LogP contribution < -0.4 is 236 Å². The van der Waals surface area contributed by atoms with Crippen LogP contribution in [0, 0.1) is 0 Å². The molecule has 8 atom stereocenters. The number of rotatable bonds is 0. The Morgan fingerprint density at radius 3 is 0.156 bits per heavy atom. The van der Waals surface area contributed by atoms with Crippen LogP contribution in [0.2, 0.25) is 0 Å². The summed E-state index contributed by atoms with van der Waals surface area (Å²) in [6, 6.07) is 0. The Hall–Kier alpha value is 8.98. The van der Waals surface area contributed by atoms with Gasteiger partial charge in [0.2, 0.25) is 0 Å². The summed E-state index contributed by atoms with van der Waals surface area (Å²) in [5.41, 5.74) is 0. The van der Waals surface area contributed by atoms with Crippen molar-refractivity contribution in [2.24, 2.45) is 0 Å². The van der Waals surface area contributed by atoms with Gasteiger partial charge in [0.1, 0.15) is 0 Å². The van der Waals surface area contributed by atoms with Crippen LogP contribution in [0.5, 0.6) is 0 Å². The molecule has 0 saturated heterocycles. The molecule has 20 N–H and O–H groups in total. The van der Waals surface area contributed by atoms with E-state index in [2.05, 4.69) is 0 Å². The molecule has 0 aliphatic rings. The van der Waals surface area contributed by atoms with Gasteiger partial charge in [0.05, 0.1) is 90.9 Å². The van der Waals surface area contributed by atoms with Gasteiger partial charge in [0.25, 0.3) is 68.2 Å². The van der Waals surface area contributed by atoms with Gasteiger partial charge in [-0.3, -0.25) is 54.6 Å². The van der Waals surface area contributed by atoms with Crippen LogP contribution in [0.3, 0.4) is 0 Å². The average molecular weight is 1320 g/mol. The minimum atomic E-state index is -2.86. The van der Waals surface area contributed by atoms with Crippen molar-refractivity contribution >= 4 is 159 Å². The van der Waals surface area contributed by atoms with E-state index in [9.17, 15) is 0 Å². The SMILES string of the molecule is O=S(O)O.O=S(O)O.O=S(O)O.O=S(O)O.O=S(O)O.O=S(O)O.O=S([O-])O.O=S([O-])O.O=S([O-])O.O=S([O-])O.O=S([O-])O.O=S([O-])O.O=S([O-])O.O=S([O-])O.[Na+].[Na+].[Na+].[Na+].[Na+].[Na+].[Na+].[Na+]. The molecule has 64 heavy (non-hydrogen) atoms. The third-order valence-corrected chi connectivity index (χ3v) is 0. The molecule has 0 amide bonds. The molecule has 0 aromatic rings. The van der Waals surface area contributed by atoms with Gasteiger partial charge in [-0.15, -0.1) is 0 Å². The number of hydrogen-bond acceptors (Lipinski definition) is 22. The second kappa shape index (κ2) is 140. The minimum absolute atomic E-state index is 0. The fourth-order valence-electron chi connectivity index (χ4n) is 0. The Bertz CT molecular complexity index is 722. The smallest absolute Gasteiger partial charge is 0.750 e. The summed E-state index contributed by atoms with van der Waals surface area (Å²) in [7, 11) is 0. The van der Waals surface area contributed by atoms with Crippen molar-refractivity contribution in [3.05, 3.63) is 0 Å². The van der Waals surface area contributed by atoms with Crippen LogP contribution in [-0.2, 0) is 159 Å². The first kappa shape index (κ1) is 145. The maximum absolute atomic E-state index is 8.67. The molecule has 0 fully saturated rings. The van der Waals surface area contributed by atoms with Crippen molar-refractivity contribution in [1.82, 2.24) is 0 Å². The molecule has 0 aliphatic carbocycles. The molecule has 42 nitrogen and oxygen atoms in total. The van der Waals surface area contributed by atoms with E-state index in [-0.39, 0.29) is 236 Å². The third kappa shape index (κ3) is 4310. The molecular weight excluding hydrogens is 1300 g/mol. The van der Waals surface area contributed by atoms with Gasteiger partial charge in [0, 0.05) is 0 Å². The Balaban J connectivity index is -0.0000000147. The zero-order valence-electron chi connectivity index (χ0n) is 31.6. The van der Waals surface area contributed by atoms with E-state index in [1.165, 1.54) is 0 Å². The maximum atomic E-state index is 8.67. The Kier molecular flexibility index (Phi) is 317. The van der Waals surface area contributed by atoms with Gasteiger partial charge in [-0.2, -0.15) is 25.3 Å². The molecule has 0 radical (unpaired) electrons. The molecule has 0 aromatic carbocycles. The van der Waals surface area contributed by atoms with Crippen molar-refractivity contribution in [1.29, 1.82) is 0 Å². The quantitative estimate of drug-likeness (QED) is 0.0791. The molecule has 0 saturated carbocycles. The fraction of sp³-hybridized carbons (Fsp3) is 0. The first-order chi connectivity index (χ1) is 24.2. The molecule has 0 spiro atoms. The summed E-state index contributed by atoms with van der Waals surface area (Å²) in [5.74, 6) is 0. The molecule has 64 heteroatoms. The first-order valence-corrected chi connectivity index (χ1v) is 22.0. The van der Waals surface area contributed by atoms with Gasteiger partial charge in [0.15, 0.2) is 0 Å². The van der Waals surface area contributed by atoms with Gasteiger partial charge in [-0.05, 0) is 0 Å². The van der Waals surface area contributed by atoms with Crippen LogP contribution in [0.25, 0.3) is 0 Å². The first-order valence-electron chi connectivity index (χ1n) is 7.32. The van der Waals surface area contributed by atoms with Crippen molar-refractivity contribution in [3.8, 4) is 0 Å². The van der Waals surface area contributed by atoms with E-state index < -0.39 is 159 Å². The van der Waals surface area contributed by atoms with Gasteiger partial charge in [-0.1, -0.05) is 0 Å². The monoisotopic (exact) mass is 1320 g/mol. The van der Waals surface area contributed by atoms with Crippen molar-refractivity contribution in [2.45, 2.75) is 0 Å². The van der Waals surface area contributed by atoms with Crippen LogP contribution in [-0.4, -0.2) is 186 Å². The fourth-order valence-corrected chi connectivity index (χ4v) is 0. The summed E-state index contributed by atoms with van der Waals surface area (Å²) >= 11 is -38.6.